The number of hydrogen-bond acceptors (Lipinski definition) is 2. The van der Waals surface area contributed by atoms with E-state index in [9.17, 15) is 4.39 Å². The lowest BCUT2D eigenvalue weighted by Gasteiger charge is -1.99. The number of rotatable bonds is 2. The highest BCUT2D eigenvalue weighted by Gasteiger charge is 2.29. The van der Waals surface area contributed by atoms with Crippen LogP contribution in [0.1, 0.15) is 24.5 Å². The zero-order valence-electron chi connectivity index (χ0n) is 8.70. The van der Waals surface area contributed by atoms with Crippen molar-refractivity contribution in [2.24, 2.45) is 0 Å². The first-order valence-electron chi connectivity index (χ1n) is 5.35. The molecule has 1 aromatic carbocycles. The Bertz CT molecular complexity index is 529. The molecule has 0 bridgehead atoms. The molecule has 0 unspecified atom stereocenters. The minimum absolute atomic E-state index is 0.270. The molecule has 0 amide bonds. The van der Waals surface area contributed by atoms with E-state index in [0.717, 1.165) is 24.1 Å². The van der Waals surface area contributed by atoms with Crippen molar-refractivity contribution in [2.45, 2.75) is 18.8 Å². The fourth-order valence-corrected chi connectivity index (χ4v) is 1.90. The van der Waals surface area contributed by atoms with Crippen LogP contribution in [0.25, 0.3) is 11.3 Å². The molecule has 4 heteroatoms. The Balaban J connectivity index is 2.06. The lowest BCUT2D eigenvalue weighted by molar-refractivity contribution is 0.628. The van der Waals surface area contributed by atoms with Gasteiger partial charge in [0.15, 0.2) is 0 Å². The molecular weight excluding hydrogens is 205 g/mol. The van der Waals surface area contributed by atoms with Crippen LogP contribution in [-0.2, 0) is 0 Å². The summed E-state index contributed by atoms with van der Waals surface area (Å²) >= 11 is 0. The first-order valence-corrected chi connectivity index (χ1v) is 5.35. The molecule has 1 fully saturated rings. The number of H-pyrrole nitrogens is 1. The molecule has 2 aromatic rings. The molecule has 1 aliphatic carbocycles. The topological polar surface area (TPSA) is 54.7 Å². The Morgan fingerprint density at radius 3 is 2.88 bits per heavy atom. The van der Waals surface area contributed by atoms with Gasteiger partial charge in [-0.2, -0.15) is 5.10 Å². The second-order valence-electron chi connectivity index (χ2n) is 4.18. The van der Waals surface area contributed by atoms with Crippen molar-refractivity contribution in [3.63, 3.8) is 0 Å². The van der Waals surface area contributed by atoms with Crippen LogP contribution in [-0.4, -0.2) is 10.2 Å². The highest BCUT2D eigenvalue weighted by Crippen LogP contribution is 2.43. The predicted molar refractivity (Wildman–Crippen MR) is 60.4 cm³/mol. The summed E-state index contributed by atoms with van der Waals surface area (Å²) in [5, 5.41) is 7.13. The van der Waals surface area contributed by atoms with Gasteiger partial charge in [0.05, 0.1) is 11.4 Å². The normalized spacial score (nSPS) is 15.3. The maximum atomic E-state index is 13.1. The fraction of sp³-hybridized carbons (Fsp3) is 0.250. The highest BCUT2D eigenvalue weighted by atomic mass is 19.1. The van der Waals surface area contributed by atoms with E-state index < -0.39 is 0 Å². The number of hydrogen-bond donors (Lipinski definition) is 2. The highest BCUT2D eigenvalue weighted by molar-refractivity contribution is 5.74. The molecule has 3 N–H and O–H groups in total. The Morgan fingerprint density at radius 2 is 2.19 bits per heavy atom. The molecule has 0 aliphatic heterocycles. The number of nitrogen functional groups attached to an aromatic ring is 1. The number of anilines is 1. The zero-order valence-corrected chi connectivity index (χ0v) is 8.70. The second kappa shape index (κ2) is 3.33. The van der Waals surface area contributed by atoms with Gasteiger partial charge in [0.2, 0.25) is 0 Å². The molecule has 1 saturated carbocycles. The molecule has 1 aromatic heterocycles. The smallest absolute Gasteiger partial charge is 0.123 e. The first-order chi connectivity index (χ1) is 7.75. The van der Waals surface area contributed by atoms with Gasteiger partial charge < -0.3 is 5.73 Å². The van der Waals surface area contributed by atoms with E-state index in [4.69, 9.17) is 5.73 Å². The van der Waals surface area contributed by atoms with Crippen molar-refractivity contribution in [2.75, 3.05) is 5.73 Å². The molecule has 3 nitrogen and oxygen atoms in total. The molecule has 0 atom stereocenters. The monoisotopic (exact) mass is 217 g/mol. The SMILES string of the molecule is Nc1c(-c2cccc(F)c2)n[nH]c1C1CC1. The summed E-state index contributed by atoms with van der Waals surface area (Å²) in [5.41, 5.74) is 9.05. The van der Waals surface area contributed by atoms with Crippen LogP contribution in [0.3, 0.4) is 0 Å². The molecule has 0 saturated heterocycles. The lowest BCUT2D eigenvalue weighted by Crippen LogP contribution is -1.91. The van der Waals surface area contributed by atoms with Crippen LogP contribution in [0, 0.1) is 5.82 Å². The van der Waals surface area contributed by atoms with Gasteiger partial charge in [0.1, 0.15) is 11.5 Å². The molecule has 1 heterocycles. The summed E-state index contributed by atoms with van der Waals surface area (Å²) in [7, 11) is 0. The average molecular weight is 217 g/mol. The third-order valence-corrected chi connectivity index (χ3v) is 2.92. The van der Waals surface area contributed by atoms with Gasteiger partial charge >= 0.3 is 0 Å². The van der Waals surface area contributed by atoms with E-state index in [1.54, 1.807) is 6.07 Å². The minimum atomic E-state index is -0.270. The molecule has 82 valence electrons. The Labute approximate surface area is 92.5 Å². The third-order valence-electron chi connectivity index (χ3n) is 2.92. The molecule has 0 radical (unpaired) electrons. The molecule has 16 heavy (non-hydrogen) atoms. The Morgan fingerprint density at radius 1 is 1.38 bits per heavy atom. The summed E-state index contributed by atoms with van der Waals surface area (Å²) in [6, 6.07) is 6.33. The van der Waals surface area contributed by atoms with Crippen LogP contribution >= 0.6 is 0 Å². The maximum Gasteiger partial charge on any atom is 0.123 e. The summed E-state index contributed by atoms with van der Waals surface area (Å²) in [6.07, 6.45) is 2.32. The largest absolute Gasteiger partial charge is 0.395 e. The average Bonchev–Trinajstić information content (AvgIpc) is 3.03. The van der Waals surface area contributed by atoms with Crippen molar-refractivity contribution in [3.8, 4) is 11.3 Å². The van der Waals surface area contributed by atoms with Crippen LogP contribution in [0.4, 0.5) is 10.1 Å². The van der Waals surface area contributed by atoms with Crippen molar-refractivity contribution in [3.05, 3.63) is 35.8 Å². The number of nitrogens with one attached hydrogen (secondary N) is 1. The predicted octanol–water partition coefficient (Wildman–Crippen LogP) is 2.68. The van der Waals surface area contributed by atoms with Crippen LogP contribution in [0.2, 0.25) is 0 Å². The number of nitrogens with two attached hydrogens (primary N) is 1. The quantitative estimate of drug-likeness (QED) is 0.812. The third kappa shape index (κ3) is 1.46. The number of aromatic amines is 1. The first kappa shape index (κ1) is 9.39. The van der Waals surface area contributed by atoms with Crippen molar-refractivity contribution < 1.29 is 4.39 Å². The minimum Gasteiger partial charge on any atom is -0.395 e. The molecular formula is C12H12FN3. The van der Waals surface area contributed by atoms with E-state index in [1.165, 1.54) is 12.1 Å². The summed E-state index contributed by atoms with van der Waals surface area (Å²) in [5.74, 6) is 0.252. The summed E-state index contributed by atoms with van der Waals surface area (Å²) < 4.78 is 13.1. The zero-order chi connectivity index (χ0) is 11.1. The van der Waals surface area contributed by atoms with Gasteiger partial charge in [0, 0.05) is 11.5 Å². The van der Waals surface area contributed by atoms with E-state index in [-0.39, 0.29) is 5.82 Å². The number of benzene rings is 1. The number of nitrogens with zero attached hydrogens (tertiary/aromatic N) is 1. The summed E-state index contributed by atoms with van der Waals surface area (Å²) in [4.78, 5) is 0. The van der Waals surface area contributed by atoms with E-state index in [1.807, 2.05) is 6.07 Å². The maximum absolute atomic E-state index is 13.1. The van der Waals surface area contributed by atoms with Gasteiger partial charge in [-0.1, -0.05) is 12.1 Å². The molecule has 3 rings (SSSR count). The van der Waals surface area contributed by atoms with Crippen LogP contribution in [0.15, 0.2) is 24.3 Å². The standard InChI is InChI=1S/C12H12FN3/c13-9-3-1-2-8(6-9)12-10(14)11(15-16-12)7-4-5-7/h1-3,6-7H,4-5,14H2,(H,15,16). The fourth-order valence-electron chi connectivity index (χ4n) is 1.90. The number of halogens is 1. The van der Waals surface area contributed by atoms with Gasteiger partial charge in [-0.05, 0) is 25.0 Å². The van der Waals surface area contributed by atoms with Crippen molar-refractivity contribution in [1.82, 2.24) is 10.2 Å². The van der Waals surface area contributed by atoms with Gasteiger partial charge in [-0.15, -0.1) is 0 Å². The molecule has 1 aliphatic rings. The lowest BCUT2D eigenvalue weighted by atomic mass is 10.1. The van der Waals surface area contributed by atoms with Gasteiger partial charge in [0.25, 0.3) is 0 Å². The second-order valence-corrected chi connectivity index (χ2v) is 4.18. The van der Waals surface area contributed by atoms with E-state index >= 15 is 0 Å². The van der Waals surface area contributed by atoms with E-state index in [0.29, 0.717) is 17.3 Å². The Hall–Kier alpha value is -1.84. The molecule has 0 spiro atoms. The van der Waals surface area contributed by atoms with Crippen molar-refractivity contribution in [1.29, 1.82) is 0 Å². The Kier molecular flexibility index (Phi) is 1.96. The van der Waals surface area contributed by atoms with Crippen molar-refractivity contribution >= 4 is 5.69 Å². The van der Waals surface area contributed by atoms with Gasteiger partial charge in [-0.25, -0.2) is 4.39 Å². The van der Waals surface area contributed by atoms with E-state index in [2.05, 4.69) is 10.2 Å². The number of aromatic nitrogens is 2. The van der Waals surface area contributed by atoms with Crippen LogP contribution in [0.5, 0.6) is 0 Å². The summed E-state index contributed by atoms with van der Waals surface area (Å²) in [6.45, 7) is 0. The van der Waals surface area contributed by atoms with Gasteiger partial charge in [-0.3, -0.25) is 5.10 Å². The van der Waals surface area contributed by atoms with Crippen LogP contribution < -0.4 is 5.73 Å².